The van der Waals surface area contributed by atoms with Gasteiger partial charge in [-0.15, -0.1) is 0 Å². The van der Waals surface area contributed by atoms with Gasteiger partial charge in [0.05, 0.1) is 18.8 Å². The highest BCUT2D eigenvalue weighted by molar-refractivity contribution is 6.50. The number of hydrogen-bond acceptors (Lipinski definition) is 7. The monoisotopic (exact) mass is 503 g/mol. The number of nitrogens with zero attached hydrogens (tertiary/aromatic N) is 3. The second-order valence-corrected chi connectivity index (χ2v) is 9.18. The summed E-state index contributed by atoms with van der Waals surface area (Å²) >= 11 is 0. The maximum atomic E-state index is 14.0. The van der Waals surface area contributed by atoms with Crippen LogP contribution in [0.4, 0.5) is 5.69 Å². The standard InChI is InChI=1S/C28H29N3O6/c1-3-16-37-20-10-8-19(9-11-20)24(32)23-25(33)26(34)31(13-12-30-14-17-36-18-15-30)28(23)21-6-4-5-7-22(21)29(2)27(28)35/h3-11,32H,1,12-18H2,2H3/t28-/m1/s1. The molecule has 5 rings (SSSR count). The molecule has 0 saturated carbocycles. The number of likely N-dealkylation sites (tertiary alicyclic amines) is 1. The Labute approximate surface area is 215 Å². The van der Waals surface area contributed by atoms with Crippen molar-refractivity contribution < 1.29 is 29.0 Å². The number of fused-ring (bicyclic) bond motifs is 2. The molecule has 3 heterocycles. The summed E-state index contributed by atoms with van der Waals surface area (Å²) in [5.41, 5.74) is -0.591. The summed E-state index contributed by atoms with van der Waals surface area (Å²) in [5.74, 6) is -1.99. The van der Waals surface area contributed by atoms with Crippen LogP contribution in [-0.4, -0.2) is 85.6 Å². The maximum Gasteiger partial charge on any atom is 0.296 e. The highest BCUT2D eigenvalue weighted by atomic mass is 16.5. The number of aliphatic hydroxyl groups is 1. The zero-order valence-electron chi connectivity index (χ0n) is 20.7. The number of aliphatic hydroxyl groups excluding tert-OH is 1. The van der Waals surface area contributed by atoms with Crippen molar-refractivity contribution in [3.8, 4) is 5.75 Å². The first-order valence-electron chi connectivity index (χ1n) is 12.2. The van der Waals surface area contributed by atoms with Gasteiger partial charge in [0, 0.05) is 50.0 Å². The second kappa shape index (κ2) is 9.84. The topological polar surface area (TPSA) is 99.6 Å². The number of amides is 2. The first-order valence-corrected chi connectivity index (χ1v) is 12.2. The average molecular weight is 504 g/mol. The molecule has 2 aromatic carbocycles. The Morgan fingerprint density at radius 3 is 2.49 bits per heavy atom. The molecule has 1 atom stereocenters. The van der Waals surface area contributed by atoms with Crippen molar-refractivity contribution in [2.24, 2.45) is 0 Å². The maximum absolute atomic E-state index is 14.0. The van der Waals surface area contributed by atoms with Gasteiger partial charge in [0.2, 0.25) is 0 Å². The minimum atomic E-state index is -1.76. The first-order chi connectivity index (χ1) is 17.9. The SMILES string of the molecule is C=CCOc1ccc(C(O)=C2C(=O)C(=O)N(CCN3CCOCC3)[C@@]23C(=O)N(C)c2ccccc23)cc1. The third-order valence-corrected chi connectivity index (χ3v) is 7.18. The van der Waals surface area contributed by atoms with Crippen LogP contribution in [0.15, 0.2) is 66.8 Å². The molecular formula is C28H29N3O6. The predicted octanol–water partition coefficient (Wildman–Crippen LogP) is 2.14. The lowest BCUT2D eigenvalue weighted by Gasteiger charge is -2.36. The number of carbonyl (C=O) groups excluding carboxylic acids is 3. The van der Waals surface area contributed by atoms with Crippen LogP contribution in [0.1, 0.15) is 11.1 Å². The minimum Gasteiger partial charge on any atom is -0.507 e. The number of ether oxygens (including phenoxy) is 2. The van der Waals surface area contributed by atoms with Crippen LogP contribution in [0.3, 0.4) is 0 Å². The molecule has 3 aliphatic rings. The molecule has 2 amide bonds. The van der Waals surface area contributed by atoms with Gasteiger partial charge in [0.25, 0.3) is 17.6 Å². The quantitative estimate of drug-likeness (QED) is 0.268. The van der Waals surface area contributed by atoms with E-state index in [9.17, 15) is 19.5 Å². The lowest BCUT2D eigenvalue weighted by Crippen LogP contribution is -2.53. The molecule has 1 N–H and O–H groups in total. The molecule has 9 nitrogen and oxygen atoms in total. The molecular weight excluding hydrogens is 474 g/mol. The van der Waals surface area contributed by atoms with E-state index < -0.39 is 28.9 Å². The van der Waals surface area contributed by atoms with Crippen molar-refractivity contribution in [3.05, 3.63) is 77.9 Å². The van der Waals surface area contributed by atoms with Crippen molar-refractivity contribution in [3.63, 3.8) is 0 Å². The molecule has 0 aromatic heterocycles. The van der Waals surface area contributed by atoms with Crippen molar-refractivity contribution >= 4 is 29.0 Å². The Balaban J connectivity index is 1.64. The number of rotatable bonds is 7. The van der Waals surface area contributed by atoms with Gasteiger partial charge in [0.15, 0.2) is 5.54 Å². The van der Waals surface area contributed by atoms with Crippen LogP contribution in [0.25, 0.3) is 5.76 Å². The fraction of sp³-hybridized carbons (Fsp3) is 0.321. The summed E-state index contributed by atoms with van der Waals surface area (Å²) in [6.07, 6.45) is 1.62. The van der Waals surface area contributed by atoms with E-state index in [2.05, 4.69) is 11.5 Å². The van der Waals surface area contributed by atoms with E-state index in [0.717, 1.165) is 0 Å². The average Bonchev–Trinajstić information content (AvgIpc) is 3.29. The number of hydrogen-bond donors (Lipinski definition) is 1. The number of anilines is 1. The summed E-state index contributed by atoms with van der Waals surface area (Å²) in [7, 11) is 1.61. The molecule has 1 spiro atoms. The van der Waals surface area contributed by atoms with Crippen LogP contribution < -0.4 is 9.64 Å². The normalized spacial score (nSPS) is 23.1. The fourth-order valence-electron chi connectivity index (χ4n) is 5.35. The Bertz CT molecular complexity index is 1280. The number of para-hydroxylation sites is 1. The van der Waals surface area contributed by atoms with Gasteiger partial charge in [-0.25, -0.2) is 0 Å². The smallest absolute Gasteiger partial charge is 0.296 e. The lowest BCUT2D eigenvalue weighted by molar-refractivity contribution is -0.144. The van der Waals surface area contributed by atoms with Crippen LogP contribution in [0, 0.1) is 0 Å². The molecule has 2 fully saturated rings. The largest absolute Gasteiger partial charge is 0.507 e. The fourth-order valence-corrected chi connectivity index (χ4v) is 5.35. The van der Waals surface area contributed by atoms with E-state index in [1.54, 1.807) is 61.7 Å². The van der Waals surface area contributed by atoms with Gasteiger partial charge < -0.3 is 24.4 Å². The number of benzene rings is 2. The van der Waals surface area contributed by atoms with E-state index in [4.69, 9.17) is 9.47 Å². The Hall–Kier alpha value is -3.95. The van der Waals surface area contributed by atoms with Gasteiger partial charge in [-0.3, -0.25) is 19.3 Å². The van der Waals surface area contributed by atoms with Crippen LogP contribution in [0.2, 0.25) is 0 Å². The molecule has 2 saturated heterocycles. The zero-order chi connectivity index (χ0) is 26.2. The van der Waals surface area contributed by atoms with Crippen LogP contribution in [0.5, 0.6) is 5.75 Å². The number of ketones is 1. The second-order valence-electron chi connectivity index (χ2n) is 9.18. The zero-order valence-corrected chi connectivity index (χ0v) is 20.7. The van der Waals surface area contributed by atoms with Crippen molar-refractivity contribution in [2.45, 2.75) is 5.54 Å². The molecule has 2 aromatic rings. The van der Waals surface area contributed by atoms with E-state index in [1.165, 1.54) is 9.80 Å². The highest BCUT2D eigenvalue weighted by Gasteiger charge is 2.66. The van der Waals surface area contributed by atoms with E-state index in [1.807, 2.05) is 0 Å². The minimum absolute atomic E-state index is 0.142. The van der Waals surface area contributed by atoms with Gasteiger partial charge in [0.1, 0.15) is 18.1 Å². The van der Waals surface area contributed by atoms with Crippen molar-refractivity contribution in [1.82, 2.24) is 9.80 Å². The Morgan fingerprint density at radius 2 is 1.78 bits per heavy atom. The lowest BCUT2D eigenvalue weighted by atomic mass is 9.82. The summed E-state index contributed by atoms with van der Waals surface area (Å²) in [5, 5.41) is 11.5. The first kappa shape index (κ1) is 24.7. The molecule has 0 unspecified atom stereocenters. The van der Waals surface area contributed by atoms with Gasteiger partial charge >= 0.3 is 0 Å². The van der Waals surface area contributed by atoms with E-state index in [-0.39, 0.29) is 12.1 Å². The molecule has 0 bridgehead atoms. The number of carbonyl (C=O) groups is 3. The Morgan fingerprint density at radius 1 is 1.08 bits per heavy atom. The van der Waals surface area contributed by atoms with E-state index >= 15 is 0 Å². The number of Topliss-reactive ketones (excluding diaryl/α,β-unsaturated/α-hetero) is 1. The number of morpholine rings is 1. The molecule has 37 heavy (non-hydrogen) atoms. The molecule has 3 aliphatic heterocycles. The summed E-state index contributed by atoms with van der Waals surface area (Å²) in [4.78, 5) is 46.0. The van der Waals surface area contributed by atoms with Gasteiger partial charge in [-0.2, -0.15) is 0 Å². The predicted molar refractivity (Wildman–Crippen MR) is 137 cm³/mol. The molecule has 0 radical (unpaired) electrons. The summed E-state index contributed by atoms with van der Waals surface area (Å²) in [6, 6.07) is 13.6. The van der Waals surface area contributed by atoms with Crippen LogP contribution >= 0.6 is 0 Å². The van der Waals surface area contributed by atoms with Gasteiger partial charge in [-0.1, -0.05) is 30.9 Å². The van der Waals surface area contributed by atoms with Gasteiger partial charge in [-0.05, 0) is 30.3 Å². The molecule has 9 heteroatoms. The molecule has 0 aliphatic carbocycles. The third-order valence-electron chi connectivity index (χ3n) is 7.18. The summed E-state index contributed by atoms with van der Waals surface area (Å²) in [6.45, 7) is 7.11. The highest BCUT2D eigenvalue weighted by Crippen LogP contribution is 2.53. The molecule has 192 valence electrons. The summed E-state index contributed by atoms with van der Waals surface area (Å²) < 4.78 is 10.9. The third kappa shape index (κ3) is 3.91. The van der Waals surface area contributed by atoms with Crippen molar-refractivity contribution in [1.29, 1.82) is 0 Å². The number of likely N-dealkylation sites (N-methyl/N-ethyl adjacent to an activating group) is 1. The van der Waals surface area contributed by atoms with E-state index in [0.29, 0.717) is 62.0 Å². The van der Waals surface area contributed by atoms with Crippen molar-refractivity contribution in [2.75, 3.05) is 57.9 Å². The van der Waals surface area contributed by atoms with Crippen LogP contribution in [-0.2, 0) is 24.7 Å². The Kier molecular flexibility index (Phi) is 6.57.